The summed E-state index contributed by atoms with van der Waals surface area (Å²) in [5.74, 6) is 1.43. The van der Waals surface area contributed by atoms with Gasteiger partial charge in [0.05, 0.1) is 6.54 Å². The molecule has 0 amide bonds. The molecule has 0 aliphatic carbocycles. The Kier molecular flexibility index (Phi) is 6.56. The first-order chi connectivity index (χ1) is 9.56. The van der Waals surface area contributed by atoms with E-state index in [0.717, 1.165) is 30.0 Å². The fraction of sp³-hybridized carbons (Fsp3) is 0.467. The molecule has 0 aliphatic heterocycles. The molecule has 3 N–H and O–H groups in total. The Labute approximate surface area is 121 Å². The van der Waals surface area contributed by atoms with Gasteiger partial charge in [-0.2, -0.15) is 0 Å². The average Bonchev–Trinajstić information content (AvgIpc) is 2.45. The van der Waals surface area contributed by atoms with Gasteiger partial charge >= 0.3 is 0 Å². The van der Waals surface area contributed by atoms with Gasteiger partial charge < -0.3 is 16.0 Å². The Morgan fingerprint density at radius 3 is 2.60 bits per heavy atom. The monoisotopic (exact) mass is 275 g/mol. The van der Waals surface area contributed by atoms with Crippen LogP contribution in [0.25, 0.3) is 0 Å². The number of hydrogen-bond acceptors (Lipinski definition) is 3. The van der Waals surface area contributed by atoms with Gasteiger partial charge in [0.25, 0.3) is 0 Å². The van der Waals surface area contributed by atoms with E-state index in [1.54, 1.807) is 0 Å². The number of aliphatic imine (C=N–C) groups is 1. The summed E-state index contributed by atoms with van der Waals surface area (Å²) >= 11 is 0. The number of nitrogens with one attached hydrogen (secondary N) is 1. The second kappa shape index (κ2) is 8.19. The summed E-state index contributed by atoms with van der Waals surface area (Å²) < 4.78 is 0. The van der Waals surface area contributed by atoms with Gasteiger partial charge in [0.1, 0.15) is 5.82 Å². The van der Waals surface area contributed by atoms with Gasteiger partial charge in [-0.05, 0) is 32.4 Å². The van der Waals surface area contributed by atoms with Crippen LogP contribution in [-0.2, 0) is 6.54 Å². The molecule has 0 spiro atoms. The number of aromatic nitrogens is 1. The fourth-order valence-electron chi connectivity index (χ4n) is 1.72. The van der Waals surface area contributed by atoms with E-state index in [9.17, 15) is 0 Å². The summed E-state index contributed by atoms with van der Waals surface area (Å²) in [6.45, 7) is 13.1. The van der Waals surface area contributed by atoms with Crippen LogP contribution in [0, 0.1) is 0 Å². The lowest BCUT2D eigenvalue weighted by Gasteiger charge is -2.19. The van der Waals surface area contributed by atoms with Crippen LogP contribution in [0.15, 0.2) is 35.5 Å². The molecule has 0 aliphatic rings. The van der Waals surface area contributed by atoms with Crippen molar-refractivity contribution in [3.05, 3.63) is 36.0 Å². The van der Waals surface area contributed by atoms with Crippen molar-refractivity contribution < 1.29 is 0 Å². The highest BCUT2D eigenvalue weighted by Gasteiger charge is 2.02. The smallest absolute Gasteiger partial charge is 0.189 e. The van der Waals surface area contributed by atoms with Crippen LogP contribution in [0.5, 0.6) is 0 Å². The average molecular weight is 275 g/mol. The Morgan fingerprint density at radius 2 is 2.10 bits per heavy atom. The van der Waals surface area contributed by atoms with E-state index >= 15 is 0 Å². The largest absolute Gasteiger partial charge is 0.370 e. The third-order valence-corrected chi connectivity index (χ3v) is 2.90. The zero-order valence-electron chi connectivity index (χ0n) is 12.7. The highest BCUT2D eigenvalue weighted by Crippen LogP contribution is 2.11. The van der Waals surface area contributed by atoms with Crippen LogP contribution in [0.1, 0.15) is 26.3 Å². The van der Waals surface area contributed by atoms with Crippen molar-refractivity contribution in [2.45, 2.75) is 27.3 Å². The van der Waals surface area contributed by atoms with Gasteiger partial charge in [-0.3, -0.25) is 0 Å². The lowest BCUT2D eigenvalue weighted by atomic mass is 10.3. The fourth-order valence-corrected chi connectivity index (χ4v) is 1.72. The molecule has 1 aromatic heterocycles. The number of rotatable bonds is 7. The van der Waals surface area contributed by atoms with Gasteiger partial charge in [0.2, 0.25) is 0 Å². The SMILES string of the molecule is C=C(C)CNC(N)=NCc1ccc(N(CC)CC)nc1. The van der Waals surface area contributed by atoms with Gasteiger partial charge in [-0.15, -0.1) is 0 Å². The molecular formula is C15H25N5. The quantitative estimate of drug-likeness (QED) is 0.453. The number of nitrogens with two attached hydrogens (primary N) is 1. The van der Waals surface area contributed by atoms with Gasteiger partial charge in [0.15, 0.2) is 5.96 Å². The third kappa shape index (κ3) is 5.30. The molecule has 5 heteroatoms. The zero-order valence-corrected chi connectivity index (χ0v) is 12.7. The Morgan fingerprint density at radius 1 is 1.40 bits per heavy atom. The second-order valence-electron chi connectivity index (χ2n) is 4.71. The van der Waals surface area contributed by atoms with E-state index in [1.165, 1.54) is 0 Å². The predicted molar refractivity (Wildman–Crippen MR) is 85.9 cm³/mol. The maximum atomic E-state index is 5.76. The molecule has 0 saturated heterocycles. The summed E-state index contributed by atoms with van der Waals surface area (Å²) in [6, 6.07) is 4.06. The van der Waals surface area contributed by atoms with Crippen LogP contribution in [0.2, 0.25) is 0 Å². The number of nitrogens with zero attached hydrogens (tertiary/aromatic N) is 3. The molecule has 20 heavy (non-hydrogen) atoms. The Bertz CT molecular complexity index is 446. The molecule has 0 aromatic carbocycles. The maximum Gasteiger partial charge on any atom is 0.189 e. The molecule has 1 rings (SSSR count). The van der Waals surface area contributed by atoms with E-state index in [-0.39, 0.29) is 0 Å². The number of anilines is 1. The number of pyridine rings is 1. The molecule has 1 heterocycles. The Balaban J connectivity index is 2.57. The standard InChI is InChI=1S/C15H25N5/c1-5-20(6-2)14-8-7-13(10-17-14)11-19-15(16)18-9-12(3)4/h7-8,10H,3,5-6,9,11H2,1-2,4H3,(H3,16,18,19). The minimum atomic E-state index is 0.431. The zero-order chi connectivity index (χ0) is 15.0. The normalized spacial score (nSPS) is 11.2. The highest BCUT2D eigenvalue weighted by molar-refractivity contribution is 5.78. The van der Waals surface area contributed by atoms with E-state index in [2.05, 4.69) is 40.6 Å². The first kappa shape index (κ1) is 16.0. The molecular weight excluding hydrogens is 250 g/mol. The molecule has 0 unspecified atom stereocenters. The van der Waals surface area contributed by atoms with Crippen molar-refractivity contribution in [1.29, 1.82) is 0 Å². The summed E-state index contributed by atoms with van der Waals surface area (Å²) in [7, 11) is 0. The lowest BCUT2D eigenvalue weighted by Crippen LogP contribution is -2.32. The van der Waals surface area contributed by atoms with Crippen LogP contribution >= 0.6 is 0 Å². The van der Waals surface area contributed by atoms with E-state index in [4.69, 9.17) is 5.73 Å². The lowest BCUT2D eigenvalue weighted by molar-refractivity contribution is 0.843. The van der Waals surface area contributed by atoms with Gasteiger partial charge in [-0.1, -0.05) is 18.2 Å². The van der Waals surface area contributed by atoms with E-state index < -0.39 is 0 Å². The van der Waals surface area contributed by atoms with Crippen LogP contribution in [0.3, 0.4) is 0 Å². The molecule has 0 saturated carbocycles. The topological polar surface area (TPSA) is 66.5 Å². The van der Waals surface area contributed by atoms with Gasteiger partial charge in [-0.25, -0.2) is 9.98 Å². The maximum absolute atomic E-state index is 5.76. The minimum absolute atomic E-state index is 0.431. The Hall–Kier alpha value is -2.04. The minimum Gasteiger partial charge on any atom is -0.370 e. The van der Waals surface area contributed by atoms with E-state index in [0.29, 0.717) is 19.0 Å². The molecule has 0 atom stereocenters. The third-order valence-electron chi connectivity index (χ3n) is 2.90. The summed E-state index contributed by atoms with van der Waals surface area (Å²) in [5, 5.41) is 3.00. The highest BCUT2D eigenvalue weighted by atomic mass is 15.2. The summed E-state index contributed by atoms with van der Waals surface area (Å²) in [4.78, 5) is 10.9. The van der Waals surface area contributed by atoms with Crippen LogP contribution in [-0.4, -0.2) is 30.6 Å². The van der Waals surface area contributed by atoms with Crippen LogP contribution in [0.4, 0.5) is 5.82 Å². The molecule has 0 radical (unpaired) electrons. The first-order valence-corrected chi connectivity index (χ1v) is 6.94. The molecule has 0 fully saturated rings. The summed E-state index contributed by atoms with van der Waals surface area (Å²) in [5.41, 5.74) is 7.82. The van der Waals surface area contributed by atoms with Crippen molar-refractivity contribution in [2.24, 2.45) is 10.7 Å². The molecule has 5 nitrogen and oxygen atoms in total. The van der Waals surface area contributed by atoms with Crippen LogP contribution < -0.4 is 16.0 Å². The second-order valence-corrected chi connectivity index (χ2v) is 4.71. The van der Waals surface area contributed by atoms with Crippen molar-refractivity contribution in [3.63, 3.8) is 0 Å². The summed E-state index contributed by atoms with van der Waals surface area (Å²) in [6.07, 6.45) is 1.85. The molecule has 1 aromatic rings. The van der Waals surface area contributed by atoms with Gasteiger partial charge in [0, 0.05) is 25.8 Å². The first-order valence-electron chi connectivity index (χ1n) is 6.94. The van der Waals surface area contributed by atoms with E-state index in [1.807, 2.05) is 25.3 Å². The van der Waals surface area contributed by atoms with Crippen molar-refractivity contribution in [2.75, 3.05) is 24.5 Å². The van der Waals surface area contributed by atoms with Crippen molar-refractivity contribution >= 4 is 11.8 Å². The van der Waals surface area contributed by atoms with Crippen molar-refractivity contribution in [3.8, 4) is 0 Å². The predicted octanol–water partition coefficient (Wildman–Crippen LogP) is 1.91. The number of hydrogen-bond donors (Lipinski definition) is 2. The molecule has 0 bridgehead atoms. The van der Waals surface area contributed by atoms with Crippen molar-refractivity contribution in [1.82, 2.24) is 10.3 Å². The molecule has 110 valence electrons. The number of guanidine groups is 1.